The van der Waals surface area contributed by atoms with Crippen LogP contribution in [-0.4, -0.2) is 37.2 Å². The molecule has 2 aromatic carbocycles. The van der Waals surface area contributed by atoms with Crippen molar-refractivity contribution in [3.63, 3.8) is 0 Å². The third kappa shape index (κ3) is 4.42. The van der Waals surface area contributed by atoms with Crippen molar-refractivity contribution in [2.24, 2.45) is 11.3 Å². The molecule has 0 bridgehead atoms. The maximum absolute atomic E-state index is 12.4. The van der Waals surface area contributed by atoms with E-state index in [0.717, 1.165) is 73.1 Å². The molecule has 3 aromatic rings. The monoisotopic (exact) mass is 517 g/mol. The van der Waals surface area contributed by atoms with E-state index in [2.05, 4.69) is 59.8 Å². The van der Waals surface area contributed by atoms with E-state index in [1.807, 2.05) is 6.92 Å². The van der Waals surface area contributed by atoms with Crippen LogP contribution in [0, 0.1) is 25.2 Å². The number of carbonyl (C=O) groups excluding carboxylic acids is 1. The summed E-state index contributed by atoms with van der Waals surface area (Å²) in [5.41, 5.74) is 8.33. The summed E-state index contributed by atoms with van der Waals surface area (Å²) in [5.74, 6) is 1.27. The van der Waals surface area contributed by atoms with Crippen LogP contribution < -0.4 is 15.0 Å². The number of fused-ring (bicyclic) bond motifs is 2. The minimum absolute atomic E-state index is 0.00754. The van der Waals surface area contributed by atoms with Crippen molar-refractivity contribution in [3.05, 3.63) is 63.5 Å². The van der Waals surface area contributed by atoms with Gasteiger partial charge in [0.25, 0.3) is 0 Å². The second-order valence-corrected chi connectivity index (χ2v) is 11.5. The van der Waals surface area contributed by atoms with E-state index in [1.165, 1.54) is 22.3 Å². The van der Waals surface area contributed by atoms with Gasteiger partial charge in [-0.25, -0.2) is 4.98 Å². The minimum Gasteiger partial charge on any atom is -0.488 e. The maximum atomic E-state index is 12.4. The molecule has 1 saturated carbocycles. The van der Waals surface area contributed by atoms with Crippen LogP contribution in [0.1, 0.15) is 47.6 Å². The molecule has 3 aliphatic rings. The highest BCUT2D eigenvalue weighted by molar-refractivity contribution is 7.14. The summed E-state index contributed by atoms with van der Waals surface area (Å²) in [6.45, 7) is 10.9. The standard InChI is InChI=1S/C30H35N3O3S/c1-4-35-28(34)30-11-13-33(16-23(30)14-30)29-32-26(18-37-29)25-7-5-6-19(2)27(25)36-17-22-9-8-21-15-31-12-10-24(21)20(22)3/h5-9,18,23,31H,4,10-17H2,1-3H3/t23?,30-/m1/s1. The first-order chi connectivity index (χ1) is 18.0. The van der Waals surface area contributed by atoms with Crippen molar-refractivity contribution in [1.82, 2.24) is 10.3 Å². The zero-order valence-electron chi connectivity index (χ0n) is 21.9. The molecule has 0 spiro atoms. The lowest BCUT2D eigenvalue weighted by Gasteiger charge is -2.30. The Morgan fingerprint density at radius 2 is 2.16 bits per heavy atom. The van der Waals surface area contributed by atoms with Gasteiger partial charge in [-0.3, -0.25) is 4.79 Å². The predicted molar refractivity (Wildman–Crippen MR) is 147 cm³/mol. The van der Waals surface area contributed by atoms with E-state index in [4.69, 9.17) is 14.5 Å². The smallest absolute Gasteiger partial charge is 0.312 e. The van der Waals surface area contributed by atoms with Gasteiger partial charge in [0.15, 0.2) is 5.13 Å². The molecule has 6 nitrogen and oxygen atoms in total. The number of carbonyl (C=O) groups is 1. The minimum atomic E-state index is -0.241. The molecule has 6 rings (SSSR count). The molecule has 0 amide bonds. The molecule has 7 heteroatoms. The summed E-state index contributed by atoms with van der Waals surface area (Å²) in [4.78, 5) is 19.8. The van der Waals surface area contributed by atoms with Crippen molar-refractivity contribution < 1.29 is 14.3 Å². The Kier molecular flexibility index (Phi) is 6.45. The number of para-hydroxylation sites is 1. The van der Waals surface area contributed by atoms with Crippen molar-refractivity contribution in [2.75, 3.05) is 31.1 Å². The van der Waals surface area contributed by atoms with Crippen LogP contribution in [-0.2, 0) is 29.1 Å². The molecule has 2 fully saturated rings. The molecule has 2 aliphatic heterocycles. The Balaban J connectivity index is 1.19. The predicted octanol–water partition coefficient (Wildman–Crippen LogP) is 5.43. The van der Waals surface area contributed by atoms with Gasteiger partial charge in [-0.2, -0.15) is 0 Å². The zero-order valence-corrected chi connectivity index (χ0v) is 22.7. The van der Waals surface area contributed by atoms with Gasteiger partial charge in [-0.05, 0) is 86.4 Å². The van der Waals surface area contributed by atoms with Crippen molar-refractivity contribution in [2.45, 2.75) is 53.2 Å². The highest BCUT2D eigenvalue weighted by atomic mass is 32.1. The number of benzene rings is 2. The number of aryl methyl sites for hydroxylation is 1. The second kappa shape index (κ2) is 9.76. The molecule has 37 heavy (non-hydrogen) atoms. The first kappa shape index (κ1) is 24.4. The summed E-state index contributed by atoms with van der Waals surface area (Å²) in [6, 6.07) is 10.7. The lowest BCUT2D eigenvalue weighted by Crippen LogP contribution is -2.38. The van der Waals surface area contributed by atoms with Gasteiger partial charge in [0.2, 0.25) is 0 Å². The lowest BCUT2D eigenvalue weighted by atomic mass is 9.93. The summed E-state index contributed by atoms with van der Waals surface area (Å²) in [7, 11) is 0. The van der Waals surface area contributed by atoms with Gasteiger partial charge in [0, 0.05) is 30.6 Å². The molecule has 3 heterocycles. The average molecular weight is 518 g/mol. The first-order valence-corrected chi connectivity index (χ1v) is 14.3. The summed E-state index contributed by atoms with van der Waals surface area (Å²) < 4.78 is 11.9. The van der Waals surface area contributed by atoms with Gasteiger partial charge < -0.3 is 19.7 Å². The molecule has 1 aromatic heterocycles. The topological polar surface area (TPSA) is 63.7 Å². The third-order valence-electron chi connectivity index (χ3n) is 8.48. The number of ether oxygens (including phenoxy) is 2. The molecule has 2 atom stereocenters. The number of hydrogen-bond acceptors (Lipinski definition) is 7. The van der Waals surface area contributed by atoms with Crippen LogP contribution in [0.4, 0.5) is 5.13 Å². The van der Waals surface area contributed by atoms with Crippen LogP contribution in [0.2, 0.25) is 0 Å². The summed E-state index contributed by atoms with van der Waals surface area (Å²) in [5, 5.41) is 6.61. The van der Waals surface area contributed by atoms with Crippen molar-refractivity contribution >= 4 is 22.4 Å². The Hall–Kier alpha value is -2.90. The fraction of sp³-hybridized carbons (Fsp3) is 0.467. The first-order valence-electron chi connectivity index (χ1n) is 13.4. The van der Waals surface area contributed by atoms with Gasteiger partial charge in [0.05, 0.1) is 17.7 Å². The second-order valence-electron chi connectivity index (χ2n) is 10.6. The molecular formula is C30H35N3O3S. The van der Waals surface area contributed by atoms with E-state index in [-0.39, 0.29) is 11.4 Å². The molecule has 1 N–H and O–H groups in total. The number of nitrogens with zero attached hydrogens (tertiary/aromatic N) is 2. The fourth-order valence-corrected chi connectivity index (χ4v) is 6.98. The van der Waals surface area contributed by atoms with Crippen LogP contribution >= 0.6 is 11.3 Å². The highest BCUT2D eigenvalue weighted by Crippen LogP contribution is 2.59. The zero-order chi connectivity index (χ0) is 25.6. The molecular weight excluding hydrogens is 482 g/mol. The number of nitrogens with one attached hydrogen (secondary N) is 1. The molecule has 1 aliphatic carbocycles. The number of piperidine rings is 1. The normalized spacial score (nSPS) is 22.2. The number of hydrogen-bond donors (Lipinski definition) is 1. The highest BCUT2D eigenvalue weighted by Gasteiger charge is 2.63. The van der Waals surface area contributed by atoms with Crippen LogP contribution in [0.15, 0.2) is 35.7 Å². The van der Waals surface area contributed by atoms with Crippen molar-refractivity contribution in [3.8, 4) is 17.0 Å². The van der Waals surface area contributed by atoms with Gasteiger partial charge >= 0.3 is 5.97 Å². The number of anilines is 1. The van der Waals surface area contributed by atoms with Gasteiger partial charge in [0.1, 0.15) is 12.4 Å². The van der Waals surface area contributed by atoms with E-state index in [9.17, 15) is 4.79 Å². The van der Waals surface area contributed by atoms with Crippen LogP contribution in [0.5, 0.6) is 5.75 Å². The van der Waals surface area contributed by atoms with E-state index >= 15 is 0 Å². The van der Waals surface area contributed by atoms with Gasteiger partial charge in [-0.1, -0.05) is 24.3 Å². The average Bonchev–Trinajstić information content (AvgIpc) is 3.46. The fourth-order valence-electron chi connectivity index (χ4n) is 6.12. The summed E-state index contributed by atoms with van der Waals surface area (Å²) in [6.07, 6.45) is 2.86. The van der Waals surface area contributed by atoms with E-state index < -0.39 is 0 Å². The van der Waals surface area contributed by atoms with Crippen molar-refractivity contribution in [1.29, 1.82) is 0 Å². The summed E-state index contributed by atoms with van der Waals surface area (Å²) >= 11 is 1.67. The maximum Gasteiger partial charge on any atom is 0.312 e. The molecule has 1 saturated heterocycles. The van der Waals surface area contributed by atoms with Crippen LogP contribution in [0.3, 0.4) is 0 Å². The number of rotatable bonds is 7. The Morgan fingerprint density at radius 1 is 1.27 bits per heavy atom. The van der Waals surface area contributed by atoms with Gasteiger partial charge in [-0.15, -0.1) is 11.3 Å². The quantitative estimate of drug-likeness (QED) is 0.422. The number of aromatic nitrogens is 1. The Bertz CT molecular complexity index is 1340. The molecule has 1 unspecified atom stereocenters. The largest absolute Gasteiger partial charge is 0.488 e. The van der Waals surface area contributed by atoms with E-state index in [1.54, 1.807) is 11.3 Å². The SMILES string of the molecule is CCOC(=O)[C@@]12CCN(c3nc(-c4cccc(C)c4OCc4ccc5c(c4C)CCNC5)cs3)CC1C2. The van der Waals surface area contributed by atoms with Crippen LogP contribution in [0.25, 0.3) is 11.3 Å². The number of esters is 1. The molecule has 0 radical (unpaired) electrons. The Labute approximate surface area is 223 Å². The molecule has 194 valence electrons. The number of thiazole rings is 1. The van der Waals surface area contributed by atoms with E-state index in [0.29, 0.717) is 19.1 Å². The Morgan fingerprint density at radius 3 is 3.00 bits per heavy atom. The third-order valence-corrected chi connectivity index (χ3v) is 9.38. The lowest BCUT2D eigenvalue weighted by molar-refractivity contribution is -0.150.